The van der Waals surface area contributed by atoms with Gasteiger partial charge >= 0.3 is 5.97 Å². The molecule has 28 heavy (non-hydrogen) atoms. The number of amides is 1. The van der Waals surface area contributed by atoms with Crippen LogP contribution >= 0.6 is 11.3 Å². The summed E-state index contributed by atoms with van der Waals surface area (Å²) in [6.45, 7) is 2.93. The third kappa shape index (κ3) is 4.31. The molecule has 8 heteroatoms. The summed E-state index contributed by atoms with van der Waals surface area (Å²) in [6, 6.07) is 8.72. The Morgan fingerprint density at radius 2 is 2.04 bits per heavy atom. The van der Waals surface area contributed by atoms with E-state index in [9.17, 15) is 20.0 Å². The van der Waals surface area contributed by atoms with Crippen LogP contribution in [-0.4, -0.2) is 46.6 Å². The molecule has 1 aromatic heterocycles. The summed E-state index contributed by atoms with van der Waals surface area (Å²) in [7, 11) is 0. The fourth-order valence-corrected chi connectivity index (χ4v) is 4.09. The number of esters is 1. The quantitative estimate of drug-likeness (QED) is 0.775. The predicted octanol–water partition coefficient (Wildman–Crippen LogP) is 3.07. The summed E-state index contributed by atoms with van der Waals surface area (Å²) in [5.41, 5.74) is 1.22. The topological polar surface area (TPSA) is 104 Å². The molecule has 1 aliphatic rings. The molecular formula is C20H21N3O4S. The molecule has 0 saturated carbocycles. The minimum absolute atomic E-state index is 0.101. The van der Waals surface area contributed by atoms with Gasteiger partial charge in [0.05, 0.1) is 12.7 Å². The zero-order valence-electron chi connectivity index (χ0n) is 15.5. The molecule has 1 atom stereocenters. The number of nitrogens with zero attached hydrogens (tertiary/aromatic N) is 3. The van der Waals surface area contributed by atoms with Crippen LogP contribution in [0.4, 0.5) is 0 Å². The Hall–Kier alpha value is -2.92. The van der Waals surface area contributed by atoms with Gasteiger partial charge in [-0.3, -0.25) is 9.59 Å². The summed E-state index contributed by atoms with van der Waals surface area (Å²) >= 11 is 1.37. The molecule has 1 saturated heterocycles. The number of rotatable bonds is 5. The van der Waals surface area contributed by atoms with Crippen molar-refractivity contribution in [2.45, 2.75) is 19.8 Å². The Kier molecular flexibility index (Phi) is 6.26. The van der Waals surface area contributed by atoms with Crippen LogP contribution in [0.5, 0.6) is 5.75 Å². The lowest BCUT2D eigenvalue weighted by Crippen LogP contribution is -2.41. The number of nitriles is 1. The van der Waals surface area contributed by atoms with Crippen LogP contribution in [0, 0.1) is 23.2 Å². The van der Waals surface area contributed by atoms with Gasteiger partial charge < -0.3 is 14.7 Å². The molecule has 0 aliphatic carbocycles. The van der Waals surface area contributed by atoms with Gasteiger partial charge in [0.2, 0.25) is 0 Å². The number of hydrogen-bond donors (Lipinski definition) is 1. The van der Waals surface area contributed by atoms with Crippen LogP contribution in [0.25, 0.3) is 10.6 Å². The minimum Gasteiger partial charge on any atom is -0.508 e. The second kappa shape index (κ2) is 8.85. The molecule has 3 rings (SSSR count). The molecule has 0 bridgehead atoms. The monoisotopic (exact) mass is 399 g/mol. The van der Waals surface area contributed by atoms with E-state index in [1.165, 1.54) is 11.3 Å². The number of piperidine rings is 1. The number of likely N-dealkylation sites (tertiary alicyclic amines) is 1. The van der Waals surface area contributed by atoms with Gasteiger partial charge in [-0.2, -0.15) is 5.26 Å². The van der Waals surface area contributed by atoms with Crippen molar-refractivity contribution in [2.75, 3.05) is 19.7 Å². The highest BCUT2D eigenvalue weighted by Gasteiger charge is 2.34. The van der Waals surface area contributed by atoms with E-state index in [2.05, 4.69) is 11.1 Å². The molecule has 1 fully saturated rings. The van der Waals surface area contributed by atoms with Gasteiger partial charge in [0, 0.05) is 24.0 Å². The molecule has 146 valence electrons. The van der Waals surface area contributed by atoms with Crippen molar-refractivity contribution in [1.82, 2.24) is 9.88 Å². The molecule has 2 aromatic rings. The number of phenolic OH excluding ortho intramolecular Hbond substituents is 1. The van der Waals surface area contributed by atoms with E-state index < -0.39 is 11.9 Å². The summed E-state index contributed by atoms with van der Waals surface area (Å²) in [5.74, 6) is -1.33. The maximum atomic E-state index is 12.8. The standard InChI is InChI=1S/C20H21N3O4S/c1-2-27-20(26)16(11-21)13-7-9-23(10-8-13)19(25)17-12-28-18(22-17)14-3-5-15(24)6-4-14/h3-6,12-13,16,24H,2,7-10H2,1H3. The first-order chi connectivity index (χ1) is 13.5. The van der Waals surface area contributed by atoms with Crippen molar-refractivity contribution >= 4 is 23.2 Å². The number of carbonyl (C=O) groups excluding carboxylic acids is 2. The predicted molar refractivity (Wildman–Crippen MR) is 104 cm³/mol. The lowest BCUT2D eigenvalue weighted by Gasteiger charge is -2.32. The first-order valence-corrected chi connectivity index (χ1v) is 10.0. The molecular weight excluding hydrogens is 378 g/mol. The van der Waals surface area contributed by atoms with Gasteiger partial charge in [-0.15, -0.1) is 11.3 Å². The molecule has 1 aromatic carbocycles. The third-order valence-corrected chi connectivity index (χ3v) is 5.71. The number of aromatic nitrogens is 1. The molecule has 1 unspecified atom stereocenters. The highest BCUT2D eigenvalue weighted by molar-refractivity contribution is 7.13. The summed E-state index contributed by atoms with van der Waals surface area (Å²) < 4.78 is 4.98. The highest BCUT2D eigenvalue weighted by atomic mass is 32.1. The second-order valence-electron chi connectivity index (χ2n) is 6.57. The Balaban J connectivity index is 1.62. The summed E-state index contributed by atoms with van der Waals surface area (Å²) in [5, 5.41) is 21.1. The Labute approximate surface area is 167 Å². The smallest absolute Gasteiger partial charge is 0.323 e. The molecule has 0 spiro atoms. The van der Waals surface area contributed by atoms with Crippen LogP contribution < -0.4 is 0 Å². The highest BCUT2D eigenvalue weighted by Crippen LogP contribution is 2.29. The Morgan fingerprint density at radius 1 is 1.36 bits per heavy atom. The van der Waals surface area contributed by atoms with Crippen LogP contribution in [0.15, 0.2) is 29.6 Å². The number of ether oxygens (including phenoxy) is 1. The normalized spacial score (nSPS) is 15.6. The number of phenols is 1. The van der Waals surface area contributed by atoms with Gasteiger partial charge in [-0.05, 0) is 49.9 Å². The first kappa shape index (κ1) is 19.8. The minimum atomic E-state index is -0.780. The van der Waals surface area contributed by atoms with Crippen molar-refractivity contribution in [3.63, 3.8) is 0 Å². The van der Waals surface area contributed by atoms with Crippen LogP contribution in [0.3, 0.4) is 0 Å². The van der Waals surface area contributed by atoms with Gasteiger partial charge in [0.25, 0.3) is 5.91 Å². The fraction of sp³-hybridized carbons (Fsp3) is 0.400. The van der Waals surface area contributed by atoms with Crippen molar-refractivity contribution < 1.29 is 19.4 Å². The molecule has 1 amide bonds. The molecule has 1 N–H and O–H groups in total. The third-order valence-electron chi connectivity index (χ3n) is 4.82. The lowest BCUT2D eigenvalue weighted by molar-refractivity contribution is -0.148. The summed E-state index contributed by atoms with van der Waals surface area (Å²) in [6.07, 6.45) is 1.16. The molecule has 2 heterocycles. The van der Waals surface area contributed by atoms with Gasteiger partial charge in [0.15, 0.2) is 0 Å². The van der Waals surface area contributed by atoms with E-state index in [0.29, 0.717) is 36.6 Å². The van der Waals surface area contributed by atoms with Crippen molar-refractivity contribution in [3.8, 4) is 22.4 Å². The second-order valence-corrected chi connectivity index (χ2v) is 7.43. The number of thiazole rings is 1. The van der Waals surface area contributed by atoms with E-state index in [1.807, 2.05) is 0 Å². The van der Waals surface area contributed by atoms with Gasteiger partial charge in [-0.1, -0.05) is 0 Å². The largest absolute Gasteiger partial charge is 0.508 e. The van der Waals surface area contributed by atoms with E-state index in [0.717, 1.165) is 5.56 Å². The Morgan fingerprint density at radius 3 is 2.64 bits per heavy atom. The SMILES string of the molecule is CCOC(=O)C(C#N)C1CCN(C(=O)c2csc(-c3ccc(O)cc3)n2)CC1. The zero-order valence-corrected chi connectivity index (χ0v) is 16.3. The number of hydrogen-bond acceptors (Lipinski definition) is 7. The van der Waals surface area contributed by atoms with E-state index in [4.69, 9.17) is 4.74 Å². The van der Waals surface area contributed by atoms with Crippen molar-refractivity contribution in [1.29, 1.82) is 5.26 Å². The van der Waals surface area contributed by atoms with Crippen molar-refractivity contribution in [3.05, 3.63) is 35.3 Å². The fourth-order valence-electron chi connectivity index (χ4n) is 3.29. The Bertz CT molecular complexity index is 880. The summed E-state index contributed by atoms with van der Waals surface area (Å²) in [4.78, 5) is 30.8. The van der Waals surface area contributed by atoms with Gasteiger partial charge in [-0.25, -0.2) is 4.98 Å². The number of carbonyl (C=O) groups is 2. The average Bonchev–Trinajstić information content (AvgIpc) is 3.19. The molecule has 0 radical (unpaired) electrons. The van der Waals surface area contributed by atoms with Crippen molar-refractivity contribution in [2.24, 2.45) is 11.8 Å². The zero-order chi connectivity index (χ0) is 20.1. The molecule has 1 aliphatic heterocycles. The van der Waals surface area contributed by atoms with Crippen LogP contribution in [-0.2, 0) is 9.53 Å². The van der Waals surface area contributed by atoms with Crippen LogP contribution in [0.1, 0.15) is 30.3 Å². The van der Waals surface area contributed by atoms with E-state index >= 15 is 0 Å². The molecule has 7 nitrogen and oxygen atoms in total. The maximum absolute atomic E-state index is 12.8. The number of aromatic hydroxyl groups is 1. The van der Waals surface area contributed by atoms with E-state index in [1.54, 1.807) is 41.5 Å². The lowest BCUT2D eigenvalue weighted by atomic mass is 9.85. The van der Waals surface area contributed by atoms with Gasteiger partial charge in [0.1, 0.15) is 22.4 Å². The van der Waals surface area contributed by atoms with E-state index in [-0.39, 0.29) is 24.2 Å². The van der Waals surface area contributed by atoms with Crippen LogP contribution in [0.2, 0.25) is 0 Å². The number of benzene rings is 1. The average molecular weight is 399 g/mol. The first-order valence-electron chi connectivity index (χ1n) is 9.14. The maximum Gasteiger partial charge on any atom is 0.323 e.